The van der Waals surface area contributed by atoms with Crippen LogP contribution in [0.1, 0.15) is 146 Å². The van der Waals surface area contributed by atoms with E-state index in [1.54, 1.807) is 33.1 Å². The van der Waals surface area contributed by atoms with Crippen LogP contribution in [0.2, 0.25) is 0 Å². The smallest absolute Gasteiger partial charge is 0.261 e. The molecule has 0 bridgehead atoms. The lowest BCUT2D eigenvalue weighted by Gasteiger charge is -2.23. The molecule has 0 unspecified atom stereocenters. The maximum absolute atomic E-state index is 14.2. The Morgan fingerprint density at radius 3 is 2.06 bits per heavy atom. The number of methoxy groups -OCH3 is 1. The van der Waals surface area contributed by atoms with E-state index in [4.69, 9.17) is 19.2 Å². The Kier molecular flexibility index (Phi) is 17.0. The van der Waals surface area contributed by atoms with E-state index in [1.165, 1.54) is 5.56 Å². The molecule has 4 atom stereocenters. The molecule has 77 heavy (non-hydrogen) atoms. The normalized spacial score (nSPS) is 16.7. The number of carbonyl (C=O) groups is 6. The standard InChI is InChI=1S/C63H71N5O9/c1-38(2)15-7-10-18-50(69)19-11-14-22-60(71)65-41(5)56(70)26-40(4)61(72)66-47-28-42(36-76-57-34-53-52(25-39(57)3)63(74)68-49(35-64-53)31-46-17-9-13-21-55(46)68)27-43(29-47)37-77-59-32-44-23-24-48-30-45-16-8-12-20-54(45)67(48)62(73)51(44)33-58(59)75-6/h8-9,12-13,16-17,20-21,25,27-29,32-35,38,40-41,48-49H,7,10-11,14-15,18-19,22-24,26,30-31,36-37H2,1-6H3,(H,65,71)(H,66,72)/t40-,41+,48-,49+/m1/s1. The first kappa shape index (κ1) is 54.2. The van der Waals surface area contributed by atoms with Crippen molar-refractivity contribution in [2.45, 2.75) is 149 Å². The van der Waals surface area contributed by atoms with Gasteiger partial charge in [-0.25, -0.2) is 0 Å². The van der Waals surface area contributed by atoms with Gasteiger partial charge in [0, 0.05) is 79.0 Å². The summed E-state index contributed by atoms with van der Waals surface area (Å²) in [6.45, 7) is 9.70. The van der Waals surface area contributed by atoms with Crippen LogP contribution in [0, 0.1) is 18.8 Å². The Balaban J connectivity index is 0.877. The van der Waals surface area contributed by atoms with Crippen LogP contribution in [0.4, 0.5) is 22.7 Å². The van der Waals surface area contributed by atoms with Gasteiger partial charge in [-0.2, -0.15) is 0 Å². The maximum atomic E-state index is 14.2. The third-order valence-corrected chi connectivity index (χ3v) is 15.3. The number of aliphatic imine (C=N–C) groups is 1. The van der Waals surface area contributed by atoms with Crippen molar-refractivity contribution in [1.29, 1.82) is 0 Å². The molecule has 0 saturated heterocycles. The molecule has 0 spiro atoms. The minimum atomic E-state index is -0.796. The number of anilines is 3. The van der Waals surface area contributed by atoms with Gasteiger partial charge in [0.25, 0.3) is 11.8 Å². The van der Waals surface area contributed by atoms with E-state index in [0.717, 1.165) is 60.2 Å². The molecule has 5 aromatic carbocycles. The van der Waals surface area contributed by atoms with Crippen LogP contribution < -0.4 is 34.6 Å². The van der Waals surface area contributed by atoms with Gasteiger partial charge in [-0.15, -0.1) is 0 Å². The van der Waals surface area contributed by atoms with Gasteiger partial charge in [0.1, 0.15) is 24.7 Å². The molecule has 2 N–H and O–H groups in total. The molecular formula is C63H71N5O9. The van der Waals surface area contributed by atoms with Crippen molar-refractivity contribution in [3.05, 3.63) is 136 Å². The average Bonchev–Trinajstić information content (AvgIpc) is 3.98. The van der Waals surface area contributed by atoms with E-state index in [-0.39, 0.29) is 73.3 Å². The summed E-state index contributed by atoms with van der Waals surface area (Å²) in [6.07, 6.45) is 10.2. The quantitative estimate of drug-likeness (QED) is 0.0604. The summed E-state index contributed by atoms with van der Waals surface area (Å²) in [7, 11) is 1.55. The van der Waals surface area contributed by atoms with Gasteiger partial charge in [-0.05, 0) is 140 Å². The summed E-state index contributed by atoms with van der Waals surface area (Å²) in [5.74, 6) is 0.439. The monoisotopic (exact) mass is 1040 g/mol. The molecular weight excluding hydrogens is 971 g/mol. The zero-order valence-corrected chi connectivity index (χ0v) is 45.2. The van der Waals surface area contributed by atoms with Gasteiger partial charge < -0.3 is 29.7 Å². The zero-order valence-electron chi connectivity index (χ0n) is 45.2. The van der Waals surface area contributed by atoms with Crippen molar-refractivity contribution in [2.24, 2.45) is 16.8 Å². The van der Waals surface area contributed by atoms with Crippen molar-refractivity contribution in [3.63, 3.8) is 0 Å². The van der Waals surface area contributed by atoms with Gasteiger partial charge in [0.15, 0.2) is 17.3 Å². The number of nitrogens with zero attached hydrogens (tertiary/aromatic N) is 3. The second-order valence-corrected chi connectivity index (χ2v) is 21.7. The van der Waals surface area contributed by atoms with Crippen molar-refractivity contribution in [1.82, 2.24) is 5.32 Å². The van der Waals surface area contributed by atoms with E-state index in [2.05, 4.69) is 30.5 Å². The molecule has 402 valence electrons. The fourth-order valence-corrected chi connectivity index (χ4v) is 11.1. The molecule has 4 amide bonds. The molecule has 4 heterocycles. The van der Waals surface area contributed by atoms with Crippen molar-refractivity contribution >= 4 is 64.2 Å². The Labute approximate surface area is 452 Å². The SMILES string of the molecule is COc1cc2c(cc1OCc1cc(COc3cc4c(cc3C)C(=O)N3c5ccccc5C[C@H]3C=N4)cc(NC(=O)[C@H](C)CC(=O)[C@H](C)NC(=O)CCCCC(=O)CCCCC(C)C)c1)CC[C@@H]1Cc3ccccc3N1C2=O. The highest BCUT2D eigenvalue weighted by Gasteiger charge is 2.39. The third kappa shape index (κ3) is 12.6. The highest BCUT2D eigenvalue weighted by Crippen LogP contribution is 2.42. The molecule has 14 heteroatoms. The second-order valence-electron chi connectivity index (χ2n) is 21.7. The summed E-state index contributed by atoms with van der Waals surface area (Å²) < 4.78 is 18.8. The highest BCUT2D eigenvalue weighted by atomic mass is 16.5. The van der Waals surface area contributed by atoms with Gasteiger partial charge >= 0.3 is 0 Å². The van der Waals surface area contributed by atoms with Crippen LogP contribution in [0.25, 0.3) is 0 Å². The summed E-state index contributed by atoms with van der Waals surface area (Å²) in [5.41, 5.74) is 9.21. The number of hydrogen-bond donors (Lipinski definition) is 2. The number of fused-ring (bicyclic) bond motifs is 8. The van der Waals surface area contributed by atoms with E-state index in [1.807, 2.05) is 95.7 Å². The predicted molar refractivity (Wildman–Crippen MR) is 299 cm³/mol. The lowest BCUT2D eigenvalue weighted by atomic mass is 9.99. The van der Waals surface area contributed by atoms with Gasteiger partial charge in [-0.3, -0.25) is 38.7 Å². The Morgan fingerprint density at radius 2 is 1.35 bits per heavy atom. The lowest BCUT2D eigenvalue weighted by Crippen LogP contribution is -2.39. The number of amides is 4. The number of ether oxygens (including phenoxy) is 3. The molecule has 0 aliphatic carbocycles. The number of unbranched alkanes of at least 4 members (excludes halogenated alkanes) is 2. The predicted octanol–water partition coefficient (Wildman–Crippen LogP) is 11.4. The first-order valence-corrected chi connectivity index (χ1v) is 27.4. The molecule has 0 saturated carbocycles. The van der Waals surface area contributed by atoms with Gasteiger partial charge in [0.2, 0.25) is 11.8 Å². The minimum absolute atomic E-state index is 0.0607. The molecule has 9 rings (SSSR count). The van der Waals surface area contributed by atoms with E-state index in [9.17, 15) is 28.8 Å². The number of nitrogens with one attached hydrogen (secondary N) is 2. The summed E-state index contributed by atoms with van der Waals surface area (Å²) in [4.78, 5) is 89.1. The maximum Gasteiger partial charge on any atom is 0.261 e. The van der Waals surface area contributed by atoms with Gasteiger partial charge in [-0.1, -0.05) is 70.0 Å². The topological polar surface area (TPSA) is 173 Å². The number of Topliss-reactive ketones (excluding diaryl/α,β-unsaturated/α-hetero) is 2. The summed E-state index contributed by atoms with van der Waals surface area (Å²) in [6, 6.07) is 27.9. The number of carbonyl (C=O) groups excluding carboxylic acids is 6. The molecule has 14 nitrogen and oxygen atoms in total. The van der Waals surface area contributed by atoms with Crippen molar-refractivity contribution < 1.29 is 43.0 Å². The first-order valence-electron chi connectivity index (χ1n) is 27.4. The van der Waals surface area contributed by atoms with E-state index >= 15 is 0 Å². The van der Waals surface area contributed by atoms with E-state index < -0.39 is 12.0 Å². The van der Waals surface area contributed by atoms with Crippen LogP contribution in [-0.4, -0.2) is 66.6 Å². The van der Waals surface area contributed by atoms with Crippen LogP contribution in [0.3, 0.4) is 0 Å². The third-order valence-electron chi connectivity index (χ3n) is 15.3. The van der Waals surface area contributed by atoms with Crippen LogP contribution >= 0.6 is 0 Å². The number of benzene rings is 5. The number of aryl methyl sites for hydroxylation is 2. The zero-order chi connectivity index (χ0) is 54.3. The molecule has 0 fully saturated rings. The Morgan fingerprint density at radius 1 is 0.701 bits per heavy atom. The average molecular weight is 1040 g/mol. The van der Waals surface area contributed by atoms with Crippen molar-refractivity contribution in [3.8, 4) is 17.2 Å². The summed E-state index contributed by atoms with van der Waals surface area (Å²) >= 11 is 0. The number of rotatable bonds is 23. The van der Waals surface area contributed by atoms with Crippen LogP contribution in [-0.2, 0) is 51.7 Å². The second kappa shape index (κ2) is 24.2. The van der Waals surface area contributed by atoms with Crippen LogP contribution in [0.15, 0.2) is 96.0 Å². The number of para-hydroxylation sites is 2. The fraction of sp³-hybridized carbons (Fsp3) is 0.413. The molecule has 4 aliphatic heterocycles. The Hall–Kier alpha value is -7.61. The van der Waals surface area contributed by atoms with E-state index in [0.29, 0.717) is 95.3 Å². The molecule has 0 aromatic heterocycles. The largest absolute Gasteiger partial charge is 0.493 e. The number of hydrogen-bond acceptors (Lipinski definition) is 10. The Bertz CT molecular complexity index is 3110. The highest BCUT2D eigenvalue weighted by molar-refractivity contribution is 6.15. The molecule has 0 radical (unpaired) electrons. The van der Waals surface area contributed by atoms with Crippen molar-refractivity contribution in [2.75, 3.05) is 22.2 Å². The van der Waals surface area contributed by atoms with Gasteiger partial charge in [0.05, 0.1) is 30.4 Å². The molecule has 5 aromatic rings. The van der Waals surface area contributed by atoms with Crippen LogP contribution in [0.5, 0.6) is 17.2 Å². The number of ketones is 2. The summed E-state index contributed by atoms with van der Waals surface area (Å²) in [5, 5.41) is 5.79. The first-order chi connectivity index (χ1) is 37.1. The molecule has 4 aliphatic rings. The lowest BCUT2D eigenvalue weighted by molar-refractivity contribution is -0.129. The minimum Gasteiger partial charge on any atom is -0.493 e. The fourth-order valence-electron chi connectivity index (χ4n) is 11.1.